The topological polar surface area (TPSA) is 81.2 Å². The van der Waals surface area contributed by atoms with Crippen LogP contribution >= 0.6 is 0 Å². The number of carbonyl (C=O) groups is 1. The van der Waals surface area contributed by atoms with Crippen LogP contribution in [0.25, 0.3) is 0 Å². The van der Waals surface area contributed by atoms with Crippen molar-refractivity contribution in [1.29, 1.82) is 0 Å². The molecule has 0 aliphatic carbocycles. The van der Waals surface area contributed by atoms with Crippen LogP contribution < -0.4 is 15.5 Å². The Balaban J connectivity index is 1.80. The zero-order valence-electron chi connectivity index (χ0n) is 19.3. The Morgan fingerprint density at radius 3 is 2.45 bits per heavy atom. The van der Waals surface area contributed by atoms with Crippen LogP contribution in [0.3, 0.4) is 0 Å². The Morgan fingerprint density at radius 2 is 1.73 bits per heavy atom. The van der Waals surface area contributed by atoms with Gasteiger partial charge < -0.3 is 19.7 Å². The van der Waals surface area contributed by atoms with Gasteiger partial charge in [-0.15, -0.1) is 0 Å². The number of hydroxylamine groups is 1. The van der Waals surface area contributed by atoms with E-state index in [1.807, 2.05) is 86.6 Å². The van der Waals surface area contributed by atoms with Crippen molar-refractivity contribution in [2.24, 2.45) is 5.16 Å². The molecule has 0 aliphatic rings. The standard InChI is InChI=1S/C26H29N3O4/c1-18-11-10-15-22(25(29-31-4)26(30)27-3)23(18)17-32-28-19(2)21-14-8-9-16-24(21)33-20-12-6-5-7-13-20/h5-16,25,29H,17H2,1-4H3,(H,27,30)/b28-19+. The zero-order chi connectivity index (χ0) is 23.6. The first-order chi connectivity index (χ1) is 16.0. The molecule has 172 valence electrons. The van der Waals surface area contributed by atoms with E-state index < -0.39 is 6.04 Å². The van der Waals surface area contributed by atoms with E-state index in [4.69, 9.17) is 14.4 Å². The van der Waals surface area contributed by atoms with Gasteiger partial charge in [0.1, 0.15) is 24.1 Å². The van der Waals surface area contributed by atoms with Crippen molar-refractivity contribution < 1.29 is 19.2 Å². The van der Waals surface area contributed by atoms with Crippen molar-refractivity contribution in [3.63, 3.8) is 0 Å². The van der Waals surface area contributed by atoms with Crippen LogP contribution in [0.5, 0.6) is 11.5 Å². The predicted molar refractivity (Wildman–Crippen MR) is 128 cm³/mol. The first-order valence-electron chi connectivity index (χ1n) is 10.6. The Kier molecular flexibility index (Phi) is 8.57. The second-order valence-corrected chi connectivity index (χ2v) is 7.37. The van der Waals surface area contributed by atoms with Crippen LogP contribution in [0.15, 0.2) is 78.0 Å². The van der Waals surface area contributed by atoms with E-state index in [1.54, 1.807) is 7.05 Å². The summed E-state index contributed by atoms with van der Waals surface area (Å²) in [5, 5.41) is 6.98. The zero-order valence-corrected chi connectivity index (χ0v) is 19.3. The van der Waals surface area contributed by atoms with Gasteiger partial charge in [-0.05, 0) is 49.2 Å². The average molecular weight is 448 g/mol. The molecule has 0 saturated carbocycles. The van der Waals surface area contributed by atoms with Gasteiger partial charge in [-0.3, -0.25) is 4.79 Å². The number of hydrogen-bond donors (Lipinski definition) is 2. The lowest BCUT2D eigenvalue weighted by Crippen LogP contribution is -2.36. The summed E-state index contributed by atoms with van der Waals surface area (Å²) >= 11 is 0. The fourth-order valence-electron chi connectivity index (χ4n) is 3.43. The maximum Gasteiger partial charge on any atom is 0.243 e. The molecule has 7 heteroatoms. The summed E-state index contributed by atoms with van der Waals surface area (Å²) in [6.45, 7) is 4.03. The molecule has 7 nitrogen and oxygen atoms in total. The predicted octanol–water partition coefficient (Wildman–Crippen LogP) is 4.67. The van der Waals surface area contributed by atoms with Crippen molar-refractivity contribution in [3.05, 3.63) is 95.1 Å². The monoisotopic (exact) mass is 447 g/mol. The Labute approximate surface area is 194 Å². The van der Waals surface area contributed by atoms with Gasteiger partial charge in [0.25, 0.3) is 0 Å². The second-order valence-electron chi connectivity index (χ2n) is 7.37. The second kappa shape index (κ2) is 11.8. The van der Waals surface area contributed by atoms with E-state index in [-0.39, 0.29) is 12.5 Å². The number of nitrogens with zero attached hydrogens (tertiary/aromatic N) is 1. The molecule has 1 atom stereocenters. The molecule has 1 unspecified atom stereocenters. The minimum absolute atomic E-state index is 0.194. The lowest BCUT2D eigenvalue weighted by atomic mass is 9.96. The summed E-state index contributed by atoms with van der Waals surface area (Å²) < 4.78 is 6.03. The highest BCUT2D eigenvalue weighted by Crippen LogP contribution is 2.26. The molecule has 0 fully saturated rings. The molecule has 3 aromatic rings. The number of rotatable bonds is 10. The highest BCUT2D eigenvalue weighted by molar-refractivity contribution is 6.00. The van der Waals surface area contributed by atoms with Crippen LogP contribution in [0, 0.1) is 6.92 Å². The summed E-state index contributed by atoms with van der Waals surface area (Å²) in [5.41, 5.74) is 6.87. The third kappa shape index (κ3) is 6.19. The van der Waals surface area contributed by atoms with Crippen molar-refractivity contribution in [2.45, 2.75) is 26.5 Å². The van der Waals surface area contributed by atoms with Crippen LogP contribution in [0.4, 0.5) is 0 Å². The van der Waals surface area contributed by atoms with Gasteiger partial charge in [-0.2, -0.15) is 5.48 Å². The van der Waals surface area contributed by atoms with Gasteiger partial charge in [0.15, 0.2) is 0 Å². The molecule has 3 aromatic carbocycles. The van der Waals surface area contributed by atoms with Gasteiger partial charge in [-0.25, -0.2) is 0 Å². The van der Waals surface area contributed by atoms with E-state index >= 15 is 0 Å². The lowest BCUT2D eigenvalue weighted by molar-refractivity contribution is -0.126. The number of hydrogen-bond acceptors (Lipinski definition) is 6. The van der Waals surface area contributed by atoms with E-state index in [2.05, 4.69) is 16.0 Å². The van der Waals surface area contributed by atoms with Gasteiger partial charge >= 0.3 is 0 Å². The minimum Gasteiger partial charge on any atom is -0.457 e. The van der Waals surface area contributed by atoms with E-state index in [9.17, 15) is 4.79 Å². The SMILES string of the molecule is CNC(=O)C(NOC)c1cccc(C)c1CO/N=C(\C)c1ccccc1Oc1ccccc1. The van der Waals surface area contributed by atoms with Crippen LogP contribution in [0.1, 0.15) is 35.2 Å². The molecule has 0 aliphatic heterocycles. The molecule has 0 aromatic heterocycles. The number of amides is 1. The van der Waals surface area contributed by atoms with Gasteiger partial charge in [0.2, 0.25) is 5.91 Å². The highest BCUT2D eigenvalue weighted by Gasteiger charge is 2.23. The molecule has 0 bridgehead atoms. The number of oxime groups is 1. The molecule has 33 heavy (non-hydrogen) atoms. The molecular formula is C26H29N3O4. The van der Waals surface area contributed by atoms with E-state index in [0.29, 0.717) is 11.5 Å². The number of ether oxygens (including phenoxy) is 1. The summed E-state index contributed by atoms with van der Waals surface area (Å²) in [6, 6.07) is 22.3. The Hall–Kier alpha value is -3.68. The number of para-hydroxylation sites is 2. The first-order valence-corrected chi connectivity index (χ1v) is 10.6. The number of carbonyl (C=O) groups excluding carboxylic acids is 1. The summed E-state index contributed by atoms with van der Waals surface area (Å²) in [7, 11) is 3.06. The average Bonchev–Trinajstić information content (AvgIpc) is 2.84. The van der Waals surface area contributed by atoms with Crippen molar-refractivity contribution in [3.8, 4) is 11.5 Å². The summed E-state index contributed by atoms with van der Waals surface area (Å²) in [4.78, 5) is 23.2. The molecule has 0 saturated heterocycles. The molecule has 2 N–H and O–H groups in total. The normalized spacial score (nSPS) is 12.2. The highest BCUT2D eigenvalue weighted by atomic mass is 16.6. The maximum atomic E-state index is 12.4. The van der Waals surface area contributed by atoms with Gasteiger partial charge in [0, 0.05) is 18.2 Å². The van der Waals surface area contributed by atoms with Crippen LogP contribution in [-0.4, -0.2) is 25.8 Å². The number of aryl methyl sites for hydroxylation is 1. The van der Waals surface area contributed by atoms with Crippen molar-refractivity contribution >= 4 is 11.6 Å². The van der Waals surface area contributed by atoms with Gasteiger partial charge in [0.05, 0.1) is 12.8 Å². The smallest absolute Gasteiger partial charge is 0.243 e. The van der Waals surface area contributed by atoms with Crippen LogP contribution in [0.2, 0.25) is 0 Å². The molecule has 1 amide bonds. The number of nitrogens with one attached hydrogen (secondary N) is 2. The number of likely N-dealkylation sites (N-methyl/N-ethyl adjacent to an activating group) is 1. The molecule has 0 spiro atoms. The number of benzene rings is 3. The van der Waals surface area contributed by atoms with Gasteiger partial charge in [-0.1, -0.05) is 53.7 Å². The fraction of sp³-hybridized carbons (Fsp3) is 0.231. The maximum absolute atomic E-state index is 12.4. The molecule has 0 radical (unpaired) electrons. The summed E-state index contributed by atoms with van der Waals surface area (Å²) in [6.07, 6.45) is 0. The molecular weight excluding hydrogens is 418 g/mol. The molecule has 3 rings (SSSR count). The first kappa shape index (κ1) is 24.0. The van der Waals surface area contributed by atoms with Crippen molar-refractivity contribution in [1.82, 2.24) is 10.8 Å². The quantitative estimate of drug-likeness (QED) is 0.349. The van der Waals surface area contributed by atoms with Crippen molar-refractivity contribution in [2.75, 3.05) is 14.2 Å². The Morgan fingerprint density at radius 1 is 1.00 bits per heavy atom. The lowest BCUT2D eigenvalue weighted by Gasteiger charge is -2.20. The third-order valence-corrected chi connectivity index (χ3v) is 5.16. The Bertz CT molecular complexity index is 1100. The fourth-order valence-corrected chi connectivity index (χ4v) is 3.43. The molecule has 0 heterocycles. The van der Waals surface area contributed by atoms with E-state index in [1.165, 1.54) is 7.11 Å². The largest absolute Gasteiger partial charge is 0.457 e. The third-order valence-electron chi connectivity index (χ3n) is 5.16. The summed E-state index contributed by atoms with van der Waals surface area (Å²) in [5.74, 6) is 1.22. The minimum atomic E-state index is -0.677. The van der Waals surface area contributed by atoms with E-state index in [0.717, 1.165) is 28.0 Å². The van der Waals surface area contributed by atoms with Crippen LogP contribution in [-0.2, 0) is 21.1 Å².